The molecule has 0 unspecified atom stereocenters. The zero-order chi connectivity index (χ0) is 22.8. The van der Waals surface area contributed by atoms with Gasteiger partial charge in [0.15, 0.2) is 0 Å². The highest BCUT2D eigenvalue weighted by atomic mass is 16.5. The first-order valence-corrected chi connectivity index (χ1v) is 10.7. The lowest BCUT2D eigenvalue weighted by atomic mass is 10.1. The first kappa shape index (κ1) is 23.0. The van der Waals surface area contributed by atoms with Gasteiger partial charge < -0.3 is 19.7 Å². The number of carbonyl (C=O) groups is 2. The molecule has 0 aliphatic carbocycles. The molecular formula is C26H28N2O4. The van der Waals surface area contributed by atoms with Gasteiger partial charge >= 0.3 is 0 Å². The van der Waals surface area contributed by atoms with E-state index in [-0.39, 0.29) is 11.8 Å². The molecule has 0 radical (unpaired) electrons. The fraction of sp³-hybridized carbons (Fsp3) is 0.231. The number of para-hydroxylation sites is 3. The van der Waals surface area contributed by atoms with Crippen LogP contribution in [0.4, 0.5) is 11.4 Å². The Bertz CT molecular complexity index is 1040. The van der Waals surface area contributed by atoms with E-state index in [4.69, 9.17) is 9.47 Å². The summed E-state index contributed by atoms with van der Waals surface area (Å²) in [6.45, 7) is 5.72. The molecule has 6 nitrogen and oxygen atoms in total. The predicted octanol–water partition coefficient (Wildman–Crippen LogP) is 5.02. The first-order valence-electron chi connectivity index (χ1n) is 10.7. The second-order valence-corrected chi connectivity index (χ2v) is 6.93. The van der Waals surface area contributed by atoms with Gasteiger partial charge in [-0.1, -0.05) is 42.5 Å². The molecule has 2 amide bonds. The molecule has 0 saturated heterocycles. The van der Waals surface area contributed by atoms with Crippen molar-refractivity contribution in [2.24, 2.45) is 0 Å². The van der Waals surface area contributed by atoms with Crippen LogP contribution in [0.1, 0.15) is 34.6 Å². The summed E-state index contributed by atoms with van der Waals surface area (Å²) in [4.78, 5) is 28.1. The van der Waals surface area contributed by atoms with Crippen molar-refractivity contribution in [2.75, 3.05) is 36.6 Å². The van der Waals surface area contributed by atoms with E-state index in [0.717, 1.165) is 5.69 Å². The SMILES string of the molecule is CCOCCOc1ccccc1C(=O)Nc1ccccc1C(=O)N(CC)c1ccccc1. The van der Waals surface area contributed by atoms with Crippen LogP contribution in [0.25, 0.3) is 0 Å². The molecule has 3 aromatic carbocycles. The highest BCUT2D eigenvalue weighted by molar-refractivity contribution is 6.14. The Hall–Kier alpha value is -3.64. The summed E-state index contributed by atoms with van der Waals surface area (Å²) >= 11 is 0. The summed E-state index contributed by atoms with van der Waals surface area (Å²) in [6, 6.07) is 23.5. The second-order valence-electron chi connectivity index (χ2n) is 6.93. The van der Waals surface area contributed by atoms with E-state index in [1.807, 2.05) is 50.2 Å². The molecule has 0 atom stereocenters. The van der Waals surface area contributed by atoms with Gasteiger partial charge in [0, 0.05) is 18.8 Å². The van der Waals surface area contributed by atoms with Crippen LogP contribution in [-0.2, 0) is 4.74 Å². The lowest BCUT2D eigenvalue weighted by Crippen LogP contribution is -2.31. The number of ether oxygens (including phenoxy) is 2. The van der Waals surface area contributed by atoms with E-state index in [2.05, 4.69) is 5.32 Å². The van der Waals surface area contributed by atoms with Gasteiger partial charge in [0.05, 0.1) is 23.4 Å². The molecule has 0 aromatic heterocycles. The molecule has 0 spiro atoms. The normalized spacial score (nSPS) is 10.4. The molecule has 0 heterocycles. The number of carbonyl (C=O) groups excluding carboxylic acids is 2. The standard InChI is InChI=1S/C26H28N2O4/c1-3-28(20-12-6-5-7-13-20)26(30)21-14-8-10-16-23(21)27-25(29)22-15-9-11-17-24(22)32-19-18-31-4-2/h5-17H,3-4,18-19H2,1-2H3,(H,27,29). The van der Waals surface area contributed by atoms with Crippen molar-refractivity contribution in [2.45, 2.75) is 13.8 Å². The minimum absolute atomic E-state index is 0.184. The molecule has 0 saturated carbocycles. The van der Waals surface area contributed by atoms with Crippen LogP contribution in [0.2, 0.25) is 0 Å². The number of anilines is 2. The van der Waals surface area contributed by atoms with E-state index in [1.165, 1.54) is 0 Å². The van der Waals surface area contributed by atoms with Crippen molar-refractivity contribution in [1.82, 2.24) is 0 Å². The minimum atomic E-state index is -0.347. The van der Waals surface area contributed by atoms with E-state index in [1.54, 1.807) is 47.4 Å². The fourth-order valence-electron chi connectivity index (χ4n) is 3.30. The maximum absolute atomic E-state index is 13.3. The Morgan fingerprint density at radius 2 is 1.47 bits per heavy atom. The van der Waals surface area contributed by atoms with Crippen molar-refractivity contribution < 1.29 is 19.1 Å². The average Bonchev–Trinajstić information content (AvgIpc) is 2.83. The van der Waals surface area contributed by atoms with Gasteiger partial charge in [-0.05, 0) is 50.2 Å². The number of nitrogens with one attached hydrogen (secondary N) is 1. The second kappa shape index (κ2) is 11.7. The Kier molecular flexibility index (Phi) is 8.40. The third-order valence-corrected chi connectivity index (χ3v) is 4.86. The fourth-order valence-corrected chi connectivity index (χ4v) is 3.30. The van der Waals surface area contributed by atoms with Crippen LogP contribution in [0.3, 0.4) is 0 Å². The molecule has 0 aliphatic rings. The molecule has 3 aromatic rings. The minimum Gasteiger partial charge on any atom is -0.490 e. The van der Waals surface area contributed by atoms with E-state index in [9.17, 15) is 9.59 Å². The van der Waals surface area contributed by atoms with Crippen molar-refractivity contribution >= 4 is 23.2 Å². The van der Waals surface area contributed by atoms with Crippen LogP contribution < -0.4 is 15.0 Å². The van der Waals surface area contributed by atoms with E-state index in [0.29, 0.717) is 48.9 Å². The third kappa shape index (κ3) is 5.74. The van der Waals surface area contributed by atoms with E-state index >= 15 is 0 Å². The van der Waals surface area contributed by atoms with Gasteiger partial charge in [-0.3, -0.25) is 9.59 Å². The predicted molar refractivity (Wildman–Crippen MR) is 127 cm³/mol. The zero-order valence-corrected chi connectivity index (χ0v) is 18.4. The molecule has 6 heteroatoms. The number of benzene rings is 3. The smallest absolute Gasteiger partial charge is 0.260 e. The van der Waals surface area contributed by atoms with Gasteiger partial charge in [0.1, 0.15) is 12.4 Å². The molecule has 166 valence electrons. The highest BCUT2D eigenvalue weighted by Crippen LogP contribution is 2.24. The quantitative estimate of drug-likeness (QED) is 0.457. The Labute approximate surface area is 188 Å². The molecule has 0 aliphatic heterocycles. The monoisotopic (exact) mass is 432 g/mol. The maximum atomic E-state index is 13.3. The zero-order valence-electron chi connectivity index (χ0n) is 18.4. The van der Waals surface area contributed by atoms with Crippen LogP contribution in [-0.4, -0.2) is 38.2 Å². The summed E-state index contributed by atoms with van der Waals surface area (Å²) in [5.41, 5.74) is 2.05. The van der Waals surface area contributed by atoms with Crippen molar-refractivity contribution in [1.29, 1.82) is 0 Å². The van der Waals surface area contributed by atoms with Gasteiger partial charge in [-0.2, -0.15) is 0 Å². The van der Waals surface area contributed by atoms with Gasteiger partial charge in [0.25, 0.3) is 11.8 Å². The third-order valence-electron chi connectivity index (χ3n) is 4.86. The summed E-state index contributed by atoms with van der Waals surface area (Å²) in [6.07, 6.45) is 0. The van der Waals surface area contributed by atoms with Crippen molar-refractivity contribution in [3.63, 3.8) is 0 Å². The molecule has 32 heavy (non-hydrogen) atoms. The molecule has 0 bridgehead atoms. The van der Waals surface area contributed by atoms with Crippen LogP contribution in [0, 0.1) is 0 Å². The lowest BCUT2D eigenvalue weighted by Gasteiger charge is -2.22. The van der Waals surface area contributed by atoms with Crippen LogP contribution in [0.15, 0.2) is 78.9 Å². The number of amides is 2. The summed E-state index contributed by atoms with van der Waals surface area (Å²) < 4.78 is 11.0. The maximum Gasteiger partial charge on any atom is 0.260 e. The molecule has 1 N–H and O–H groups in total. The molecular weight excluding hydrogens is 404 g/mol. The highest BCUT2D eigenvalue weighted by Gasteiger charge is 2.21. The Balaban J connectivity index is 1.81. The Morgan fingerprint density at radius 1 is 0.812 bits per heavy atom. The summed E-state index contributed by atoms with van der Waals surface area (Å²) in [5.74, 6) is -0.0659. The topological polar surface area (TPSA) is 67.9 Å². The Morgan fingerprint density at radius 3 is 2.19 bits per heavy atom. The average molecular weight is 433 g/mol. The van der Waals surface area contributed by atoms with Gasteiger partial charge in [-0.25, -0.2) is 0 Å². The first-order chi connectivity index (χ1) is 15.7. The number of nitrogens with zero attached hydrogens (tertiary/aromatic N) is 1. The van der Waals surface area contributed by atoms with Crippen LogP contribution in [0.5, 0.6) is 5.75 Å². The number of hydrogen-bond acceptors (Lipinski definition) is 4. The van der Waals surface area contributed by atoms with Crippen LogP contribution >= 0.6 is 0 Å². The molecule has 3 rings (SSSR count). The summed E-state index contributed by atoms with van der Waals surface area (Å²) in [5, 5.41) is 2.88. The van der Waals surface area contributed by atoms with Gasteiger partial charge in [-0.15, -0.1) is 0 Å². The lowest BCUT2D eigenvalue weighted by molar-refractivity contribution is 0.0989. The van der Waals surface area contributed by atoms with Crippen molar-refractivity contribution in [3.05, 3.63) is 90.0 Å². The molecule has 0 fully saturated rings. The van der Waals surface area contributed by atoms with Gasteiger partial charge in [0.2, 0.25) is 0 Å². The van der Waals surface area contributed by atoms with E-state index < -0.39 is 0 Å². The summed E-state index contributed by atoms with van der Waals surface area (Å²) in [7, 11) is 0. The number of hydrogen-bond donors (Lipinski definition) is 1. The van der Waals surface area contributed by atoms with Crippen molar-refractivity contribution in [3.8, 4) is 5.75 Å². The number of rotatable bonds is 10. The largest absolute Gasteiger partial charge is 0.490 e.